The molecule has 0 unspecified atom stereocenters. The number of nitrogens with one attached hydrogen (secondary N) is 1. The largest absolute Gasteiger partial charge is 0.383 e. The summed E-state index contributed by atoms with van der Waals surface area (Å²) in [6.07, 6.45) is 7.42. The molecule has 0 bridgehead atoms. The highest BCUT2D eigenvalue weighted by molar-refractivity contribution is 7.19. The van der Waals surface area contributed by atoms with Crippen molar-refractivity contribution >= 4 is 56.1 Å². The summed E-state index contributed by atoms with van der Waals surface area (Å²) in [7, 11) is 3.52. The topological polar surface area (TPSA) is 84.6 Å². The minimum Gasteiger partial charge on any atom is -0.383 e. The van der Waals surface area contributed by atoms with Crippen LogP contribution in [0.2, 0.25) is 5.02 Å². The minimum absolute atomic E-state index is 0.0297. The van der Waals surface area contributed by atoms with Crippen molar-refractivity contribution in [2.75, 3.05) is 26.1 Å². The molecule has 1 amide bonds. The summed E-state index contributed by atoms with van der Waals surface area (Å²) >= 11 is 8.15. The van der Waals surface area contributed by atoms with E-state index in [0.717, 1.165) is 46.5 Å². The highest BCUT2D eigenvalue weighted by atomic mass is 35.5. The second kappa shape index (κ2) is 8.89. The molecule has 5 rings (SSSR count). The second-order valence-electron chi connectivity index (χ2n) is 8.46. The molecule has 0 radical (unpaired) electrons. The maximum atomic E-state index is 13.1. The van der Waals surface area contributed by atoms with E-state index in [2.05, 4.69) is 20.4 Å². The summed E-state index contributed by atoms with van der Waals surface area (Å²) in [4.78, 5) is 26.1. The van der Waals surface area contributed by atoms with Gasteiger partial charge in [-0.2, -0.15) is 5.10 Å². The monoisotopic (exact) mass is 484 g/mol. The number of amides is 1. The van der Waals surface area contributed by atoms with E-state index in [9.17, 15) is 4.79 Å². The van der Waals surface area contributed by atoms with Crippen LogP contribution in [0, 0.1) is 5.92 Å². The van der Waals surface area contributed by atoms with Crippen LogP contribution in [-0.2, 0) is 22.4 Å². The summed E-state index contributed by atoms with van der Waals surface area (Å²) in [5, 5.41) is 9.21. The Labute approximate surface area is 200 Å². The molecule has 1 aliphatic rings. The van der Waals surface area contributed by atoms with Gasteiger partial charge in [0.05, 0.1) is 34.3 Å². The Hall–Kier alpha value is -2.75. The lowest BCUT2D eigenvalue weighted by molar-refractivity contribution is -0.137. The second-order valence-corrected chi connectivity index (χ2v) is 9.95. The van der Waals surface area contributed by atoms with Crippen molar-refractivity contribution in [3.05, 3.63) is 46.3 Å². The predicted octanol–water partition coefficient (Wildman–Crippen LogP) is 4.33. The van der Waals surface area contributed by atoms with Crippen LogP contribution in [0.25, 0.3) is 15.7 Å². The van der Waals surface area contributed by atoms with Gasteiger partial charge in [0, 0.05) is 37.3 Å². The molecule has 10 heteroatoms. The van der Waals surface area contributed by atoms with Gasteiger partial charge >= 0.3 is 0 Å². The minimum atomic E-state index is -0.0297. The molecule has 0 saturated heterocycles. The van der Waals surface area contributed by atoms with Gasteiger partial charge < -0.3 is 15.0 Å². The van der Waals surface area contributed by atoms with Crippen LogP contribution in [0.15, 0.2) is 30.9 Å². The Kier molecular flexibility index (Phi) is 5.94. The fourth-order valence-corrected chi connectivity index (χ4v) is 5.90. The first-order valence-electron chi connectivity index (χ1n) is 10.9. The van der Waals surface area contributed by atoms with E-state index in [4.69, 9.17) is 16.3 Å². The van der Waals surface area contributed by atoms with Crippen molar-refractivity contribution in [3.8, 4) is 0 Å². The molecule has 33 heavy (non-hydrogen) atoms. The third kappa shape index (κ3) is 4.05. The number of anilines is 2. The van der Waals surface area contributed by atoms with E-state index in [-0.39, 0.29) is 17.9 Å². The van der Waals surface area contributed by atoms with E-state index in [0.29, 0.717) is 11.6 Å². The Morgan fingerprint density at radius 1 is 1.45 bits per heavy atom. The van der Waals surface area contributed by atoms with E-state index in [1.807, 2.05) is 31.0 Å². The fourth-order valence-electron chi connectivity index (χ4n) is 4.44. The van der Waals surface area contributed by atoms with E-state index >= 15 is 0 Å². The number of aryl methyl sites for hydroxylation is 1. The van der Waals surface area contributed by atoms with Crippen LogP contribution in [0.4, 0.5) is 11.5 Å². The van der Waals surface area contributed by atoms with Crippen LogP contribution in [-0.4, -0.2) is 57.2 Å². The smallest absolute Gasteiger partial charge is 0.226 e. The van der Waals surface area contributed by atoms with Crippen LogP contribution in [0.1, 0.15) is 23.8 Å². The Bertz CT molecular complexity index is 1340. The molecule has 8 nitrogen and oxygen atoms in total. The summed E-state index contributed by atoms with van der Waals surface area (Å²) < 4.78 is 6.95. The number of pyridine rings is 1. The molecule has 0 saturated carbocycles. The van der Waals surface area contributed by atoms with Crippen molar-refractivity contribution in [2.45, 2.75) is 32.2 Å². The standard InChI is InChI=1S/C23H25ClN6O2S/c1-13(11-32-3)29(2)23(31)14-4-5-16-19(8-14)33-22-20(16)21(25-12-26-22)28-18-9-15-6-7-27-30(15)10-17(18)24/h6-7,9-10,12-14H,4-5,8,11H2,1-3H3,(H,25,26,28)/t13-,14-/m0/s1. The summed E-state index contributed by atoms with van der Waals surface area (Å²) in [6.45, 7) is 2.54. The highest BCUT2D eigenvalue weighted by Crippen LogP contribution is 2.41. The highest BCUT2D eigenvalue weighted by Gasteiger charge is 2.32. The van der Waals surface area contributed by atoms with Gasteiger partial charge in [0.25, 0.3) is 0 Å². The van der Waals surface area contributed by atoms with E-state index in [1.54, 1.807) is 41.7 Å². The van der Waals surface area contributed by atoms with Gasteiger partial charge in [0.1, 0.15) is 17.0 Å². The number of rotatable bonds is 6. The van der Waals surface area contributed by atoms with Crippen molar-refractivity contribution in [1.29, 1.82) is 0 Å². The first-order chi connectivity index (χ1) is 16.0. The lowest BCUT2D eigenvalue weighted by atomic mass is 9.86. The third-order valence-corrected chi connectivity index (χ3v) is 7.81. The number of nitrogens with zero attached hydrogens (tertiary/aromatic N) is 5. The SMILES string of the molecule is COC[C@H](C)N(C)C(=O)[C@H]1CCc2c(sc3ncnc(Nc4cc5ccnn5cc4Cl)c23)C1. The van der Waals surface area contributed by atoms with Gasteiger partial charge in [0.15, 0.2) is 0 Å². The first kappa shape index (κ1) is 22.1. The molecule has 4 aromatic rings. The molecule has 0 fully saturated rings. The Balaban J connectivity index is 1.44. The number of likely N-dealkylation sites (N-methyl/N-ethyl adjacent to an activating group) is 1. The van der Waals surface area contributed by atoms with Gasteiger partial charge in [0.2, 0.25) is 5.91 Å². The normalized spacial score (nSPS) is 16.7. The number of carbonyl (C=O) groups is 1. The zero-order valence-electron chi connectivity index (χ0n) is 18.7. The molecule has 2 atom stereocenters. The van der Waals surface area contributed by atoms with Crippen LogP contribution in [0.3, 0.4) is 0 Å². The van der Waals surface area contributed by atoms with Gasteiger partial charge in [-0.25, -0.2) is 14.5 Å². The van der Waals surface area contributed by atoms with Crippen molar-refractivity contribution in [2.24, 2.45) is 5.92 Å². The lowest BCUT2D eigenvalue weighted by Crippen LogP contribution is -2.42. The molecule has 1 aliphatic carbocycles. The number of thiophene rings is 1. The number of fused-ring (bicyclic) bond motifs is 4. The molecule has 0 aliphatic heterocycles. The summed E-state index contributed by atoms with van der Waals surface area (Å²) in [5.41, 5.74) is 2.94. The number of carbonyl (C=O) groups excluding carboxylic acids is 1. The van der Waals surface area contributed by atoms with Gasteiger partial charge in [-0.1, -0.05) is 11.6 Å². The van der Waals surface area contributed by atoms with Crippen LogP contribution >= 0.6 is 22.9 Å². The molecule has 0 spiro atoms. The van der Waals surface area contributed by atoms with Crippen molar-refractivity contribution in [1.82, 2.24) is 24.5 Å². The van der Waals surface area contributed by atoms with Gasteiger partial charge in [-0.15, -0.1) is 11.3 Å². The zero-order valence-corrected chi connectivity index (χ0v) is 20.3. The zero-order chi connectivity index (χ0) is 23.1. The molecule has 0 aromatic carbocycles. The number of halogens is 1. The van der Waals surface area contributed by atoms with E-state index in [1.165, 1.54) is 10.4 Å². The number of hydrogen-bond acceptors (Lipinski definition) is 7. The van der Waals surface area contributed by atoms with Crippen LogP contribution < -0.4 is 5.32 Å². The maximum Gasteiger partial charge on any atom is 0.226 e. The average molecular weight is 485 g/mol. The molecule has 172 valence electrons. The molecule has 4 heterocycles. The van der Waals surface area contributed by atoms with Crippen molar-refractivity contribution in [3.63, 3.8) is 0 Å². The molecule has 4 aromatic heterocycles. The lowest BCUT2D eigenvalue weighted by Gasteiger charge is -2.30. The quantitative estimate of drug-likeness (QED) is 0.438. The molecular formula is C23H25ClN6O2S. The fraction of sp³-hybridized carbons (Fsp3) is 0.391. The first-order valence-corrected chi connectivity index (χ1v) is 12.1. The van der Waals surface area contributed by atoms with Crippen LogP contribution in [0.5, 0.6) is 0 Å². The molecule has 1 N–H and O–H groups in total. The summed E-state index contributed by atoms with van der Waals surface area (Å²) in [5.74, 6) is 0.879. The third-order valence-electron chi connectivity index (χ3n) is 6.35. The number of methoxy groups -OCH3 is 1. The summed E-state index contributed by atoms with van der Waals surface area (Å²) in [6, 6.07) is 3.92. The maximum absolute atomic E-state index is 13.1. The number of ether oxygens (including phenoxy) is 1. The Morgan fingerprint density at radius 2 is 2.30 bits per heavy atom. The van der Waals surface area contributed by atoms with Gasteiger partial charge in [-0.05, 0) is 43.9 Å². The average Bonchev–Trinajstić information content (AvgIpc) is 3.42. The van der Waals surface area contributed by atoms with E-state index < -0.39 is 0 Å². The molecular weight excluding hydrogens is 460 g/mol. The predicted molar refractivity (Wildman–Crippen MR) is 131 cm³/mol. The Morgan fingerprint density at radius 3 is 3.12 bits per heavy atom. The number of hydrogen-bond donors (Lipinski definition) is 1. The number of aromatic nitrogens is 4. The van der Waals surface area contributed by atoms with Gasteiger partial charge in [-0.3, -0.25) is 4.79 Å². The van der Waals surface area contributed by atoms with Crippen molar-refractivity contribution < 1.29 is 9.53 Å².